The van der Waals surface area contributed by atoms with Crippen molar-refractivity contribution in [3.63, 3.8) is 0 Å². The number of nitrogens with one attached hydrogen (secondary N) is 1. The fourth-order valence-electron chi connectivity index (χ4n) is 4.71. The van der Waals surface area contributed by atoms with E-state index < -0.39 is 58.6 Å². The van der Waals surface area contributed by atoms with Crippen LogP contribution in [0.3, 0.4) is 0 Å². The summed E-state index contributed by atoms with van der Waals surface area (Å²) in [5.74, 6) is -2.03. The Labute approximate surface area is 260 Å². The topological polar surface area (TPSA) is 54.3 Å². The van der Waals surface area contributed by atoms with E-state index in [0.29, 0.717) is 22.7 Å². The Morgan fingerprint density at radius 2 is 1.46 bits per heavy atom. The Hall–Kier alpha value is -4.46. The van der Waals surface area contributed by atoms with Crippen LogP contribution in [-0.2, 0) is 36.8 Å². The highest BCUT2D eigenvalue weighted by atomic mass is 35.5. The average molecular weight is 676 g/mol. The van der Waals surface area contributed by atoms with E-state index in [0.717, 1.165) is 30.3 Å². The van der Waals surface area contributed by atoms with Gasteiger partial charge in [0.25, 0.3) is 5.91 Å². The van der Waals surface area contributed by atoms with Crippen molar-refractivity contribution in [2.75, 3.05) is 12.4 Å². The highest BCUT2D eigenvalue weighted by Crippen LogP contribution is 2.38. The molecule has 1 aromatic heterocycles. The van der Waals surface area contributed by atoms with Gasteiger partial charge < -0.3 is 14.8 Å². The molecule has 2 amide bonds. The van der Waals surface area contributed by atoms with Gasteiger partial charge in [-0.05, 0) is 60.5 Å². The number of nitrogens with zero attached hydrogens (tertiary/aromatic N) is 2. The monoisotopic (exact) mass is 675 g/mol. The van der Waals surface area contributed by atoms with Crippen molar-refractivity contribution >= 4 is 40.0 Å². The molecule has 3 aromatic carbocycles. The molecular formula is C31H23ClF9N3O2. The van der Waals surface area contributed by atoms with E-state index >= 15 is 0 Å². The second kappa shape index (κ2) is 12.7. The molecule has 0 bridgehead atoms. The molecule has 0 fully saturated rings. The first-order valence-corrected chi connectivity index (χ1v) is 13.6. The molecule has 244 valence electrons. The Morgan fingerprint density at radius 1 is 0.870 bits per heavy atom. The third kappa shape index (κ3) is 8.03. The minimum Gasteiger partial charge on any atom is -0.350 e. The number of aryl methyl sites for hydroxylation is 1. The van der Waals surface area contributed by atoms with Crippen LogP contribution >= 0.6 is 11.6 Å². The molecular weight excluding hydrogens is 653 g/mol. The lowest BCUT2D eigenvalue weighted by atomic mass is 10.0. The molecule has 0 aliphatic carbocycles. The quantitative estimate of drug-likeness (QED) is 0.157. The van der Waals surface area contributed by atoms with Crippen LogP contribution in [0.2, 0.25) is 5.02 Å². The van der Waals surface area contributed by atoms with Crippen LogP contribution in [0.15, 0.2) is 79.0 Å². The number of alkyl halides is 9. The van der Waals surface area contributed by atoms with Crippen LogP contribution in [0.5, 0.6) is 0 Å². The highest BCUT2D eigenvalue weighted by molar-refractivity contribution is 6.30. The van der Waals surface area contributed by atoms with Crippen molar-refractivity contribution in [1.82, 2.24) is 9.47 Å². The van der Waals surface area contributed by atoms with Crippen LogP contribution in [0.1, 0.15) is 32.6 Å². The molecule has 4 aromatic rings. The lowest BCUT2D eigenvalue weighted by Crippen LogP contribution is -2.37. The number of likely N-dealkylation sites (N-methyl/N-ethyl adjacent to an activating group) is 1. The van der Waals surface area contributed by atoms with Gasteiger partial charge in [0.2, 0.25) is 5.91 Å². The molecule has 0 saturated carbocycles. The van der Waals surface area contributed by atoms with Crippen LogP contribution in [0.25, 0.3) is 10.9 Å². The van der Waals surface area contributed by atoms with E-state index in [4.69, 9.17) is 11.6 Å². The molecule has 1 atom stereocenters. The lowest BCUT2D eigenvalue weighted by molar-refractivity contribution is -0.143. The maximum atomic E-state index is 13.5. The highest BCUT2D eigenvalue weighted by Gasteiger charge is 2.38. The van der Waals surface area contributed by atoms with Gasteiger partial charge in [0, 0.05) is 53.5 Å². The SMILES string of the molecule is CN(C(=O)c1cc(C(F)(F)F)cc(C(F)(F)F)c1)C(C=CC(=O)Nc1ccc2c(c1)c(C(F)(F)F)cn2C)Cc1ccc(Cl)cc1. The number of amides is 2. The number of aromatic nitrogens is 1. The molecule has 0 spiro atoms. The summed E-state index contributed by atoms with van der Waals surface area (Å²) >= 11 is 5.92. The Morgan fingerprint density at radius 3 is 2.00 bits per heavy atom. The number of fused-ring (bicyclic) bond motifs is 1. The Bertz CT molecular complexity index is 1760. The van der Waals surface area contributed by atoms with E-state index in [1.807, 2.05) is 0 Å². The molecule has 0 saturated heterocycles. The van der Waals surface area contributed by atoms with Gasteiger partial charge in [0.05, 0.1) is 22.7 Å². The molecule has 0 radical (unpaired) electrons. The van der Waals surface area contributed by atoms with Gasteiger partial charge in [-0.2, -0.15) is 39.5 Å². The number of benzene rings is 3. The number of halogens is 10. The minimum atomic E-state index is -5.18. The zero-order chi connectivity index (χ0) is 34.2. The molecule has 0 aliphatic rings. The number of carbonyl (C=O) groups excluding carboxylic acids is 2. The largest absolute Gasteiger partial charge is 0.418 e. The predicted octanol–water partition coefficient (Wildman–Crippen LogP) is 8.77. The van der Waals surface area contributed by atoms with E-state index in [9.17, 15) is 49.1 Å². The van der Waals surface area contributed by atoms with Crippen LogP contribution < -0.4 is 5.32 Å². The van der Waals surface area contributed by atoms with Gasteiger partial charge >= 0.3 is 18.5 Å². The molecule has 15 heteroatoms. The summed E-state index contributed by atoms with van der Waals surface area (Å²) in [7, 11) is 2.57. The molecule has 4 rings (SSSR count). The third-order valence-electron chi connectivity index (χ3n) is 7.04. The molecule has 1 heterocycles. The van der Waals surface area contributed by atoms with Crippen LogP contribution in [0.4, 0.5) is 45.2 Å². The molecule has 46 heavy (non-hydrogen) atoms. The summed E-state index contributed by atoms with van der Waals surface area (Å²) in [6.07, 6.45) is -12.0. The van der Waals surface area contributed by atoms with Gasteiger partial charge in [0.1, 0.15) is 0 Å². The predicted molar refractivity (Wildman–Crippen MR) is 153 cm³/mol. The number of rotatable bonds is 7. The molecule has 0 aliphatic heterocycles. The fourth-order valence-corrected chi connectivity index (χ4v) is 4.83. The summed E-state index contributed by atoms with van der Waals surface area (Å²) in [5.41, 5.74) is -4.33. The van der Waals surface area contributed by atoms with E-state index in [1.54, 1.807) is 12.1 Å². The minimum absolute atomic E-state index is 0.0150. The first-order chi connectivity index (χ1) is 21.2. The van der Waals surface area contributed by atoms with Crippen molar-refractivity contribution in [3.8, 4) is 0 Å². The zero-order valence-corrected chi connectivity index (χ0v) is 24.5. The maximum absolute atomic E-state index is 13.5. The van der Waals surface area contributed by atoms with Crippen molar-refractivity contribution < 1.29 is 49.1 Å². The van der Waals surface area contributed by atoms with E-state index in [2.05, 4.69) is 5.32 Å². The number of hydrogen-bond donors (Lipinski definition) is 1. The maximum Gasteiger partial charge on any atom is 0.418 e. The third-order valence-corrected chi connectivity index (χ3v) is 7.29. The average Bonchev–Trinajstić information content (AvgIpc) is 3.30. The van der Waals surface area contributed by atoms with Gasteiger partial charge in [-0.25, -0.2) is 0 Å². The van der Waals surface area contributed by atoms with Crippen molar-refractivity contribution in [1.29, 1.82) is 0 Å². The first-order valence-electron chi connectivity index (χ1n) is 13.2. The fraction of sp³-hybridized carbons (Fsp3) is 0.226. The van der Waals surface area contributed by atoms with Crippen molar-refractivity contribution in [2.24, 2.45) is 7.05 Å². The van der Waals surface area contributed by atoms with E-state index in [-0.39, 0.29) is 29.1 Å². The smallest absolute Gasteiger partial charge is 0.350 e. The number of anilines is 1. The second-order valence-corrected chi connectivity index (χ2v) is 10.8. The summed E-state index contributed by atoms with van der Waals surface area (Å²) in [6.45, 7) is 0. The lowest BCUT2D eigenvalue weighted by Gasteiger charge is -2.27. The van der Waals surface area contributed by atoms with Crippen molar-refractivity contribution in [2.45, 2.75) is 31.0 Å². The summed E-state index contributed by atoms with van der Waals surface area (Å²) in [5, 5.41) is 2.63. The standard InChI is InChI=1S/C31H23ClF9N3O2/c1-43-16-25(31(39,40)41)24-15-22(7-9-26(24)43)42-27(45)10-8-23(11-17-3-5-21(32)6-4-17)44(2)28(46)18-12-19(29(33,34)35)14-20(13-18)30(36,37)38/h3-10,12-16,23H,11H2,1-2H3,(H,42,45). The number of carbonyl (C=O) groups is 2. The number of hydrogen-bond acceptors (Lipinski definition) is 2. The van der Waals surface area contributed by atoms with Crippen LogP contribution in [0, 0.1) is 0 Å². The molecule has 5 nitrogen and oxygen atoms in total. The van der Waals surface area contributed by atoms with Gasteiger partial charge in [-0.1, -0.05) is 29.8 Å². The van der Waals surface area contributed by atoms with E-state index in [1.165, 1.54) is 42.0 Å². The zero-order valence-electron chi connectivity index (χ0n) is 23.8. The summed E-state index contributed by atoms with van der Waals surface area (Å²) in [6, 6.07) is 9.49. The Balaban J connectivity index is 1.65. The summed E-state index contributed by atoms with van der Waals surface area (Å²) < 4.78 is 122. The van der Waals surface area contributed by atoms with Gasteiger partial charge in [-0.3, -0.25) is 9.59 Å². The van der Waals surface area contributed by atoms with Crippen molar-refractivity contribution in [3.05, 3.63) is 112 Å². The van der Waals surface area contributed by atoms with Crippen LogP contribution in [-0.4, -0.2) is 34.4 Å². The molecule has 1 N–H and O–H groups in total. The Kier molecular flexibility index (Phi) is 9.53. The summed E-state index contributed by atoms with van der Waals surface area (Å²) in [4.78, 5) is 27.0. The van der Waals surface area contributed by atoms with Gasteiger partial charge in [-0.15, -0.1) is 0 Å². The van der Waals surface area contributed by atoms with Gasteiger partial charge in [0.15, 0.2) is 0 Å². The molecule has 1 unspecified atom stereocenters. The second-order valence-electron chi connectivity index (χ2n) is 10.3. The normalized spacial score (nSPS) is 13.3. The first kappa shape index (κ1) is 34.4.